The van der Waals surface area contributed by atoms with Crippen molar-refractivity contribution in [3.8, 4) is 0 Å². The molecule has 0 aromatic heterocycles. The molecule has 2 N–H and O–H groups in total. The zero-order chi connectivity index (χ0) is 36.8. The van der Waals surface area contributed by atoms with Gasteiger partial charge in [0.25, 0.3) is 0 Å². The van der Waals surface area contributed by atoms with Crippen LogP contribution in [0.5, 0.6) is 0 Å². The summed E-state index contributed by atoms with van der Waals surface area (Å²) < 4.78 is 0. The van der Waals surface area contributed by atoms with Crippen molar-refractivity contribution < 1.29 is 14.4 Å². The lowest BCUT2D eigenvalue weighted by atomic mass is 9.71. The second-order valence-electron chi connectivity index (χ2n) is 17.4. The van der Waals surface area contributed by atoms with Crippen LogP contribution >= 0.6 is 0 Å². The van der Waals surface area contributed by atoms with E-state index >= 15 is 0 Å². The lowest BCUT2D eigenvalue weighted by molar-refractivity contribution is -0.129. The Kier molecular flexibility index (Phi) is 21.6. The van der Waals surface area contributed by atoms with E-state index in [-0.39, 0.29) is 23.5 Å². The molecule has 2 aliphatic carbocycles. The van der Waals surface area contributed by atoms with Crippen molar-refractivity contribution in [2.24, 2.45) is 16.7 Å². The predicted octanol–water partition coefficient (Wildman–Crippen LogP) is 12.3. The molecule has 0 aliphatic heterocycles. The first-order valence-corrected chi connectivity index (χ1v) is 21.3. The molecule has 288 valence electrons. The Morgan fingerprint density at radius 2 is 1.10 bits per heavy atom. The van der Waals surface area contributed by atoms with Crippen LogP contribution in [0.25, 0.3) is 0 Å². The van der Waals surface area contributed by atoms with Crippen LogP contribution < -0.4 is 10.6 Å². The van der Waals surface area contributed by atoms with Crippen molar-refractivity contribution in [3.05, 3.63) is 22.3 Å². The number of carbonyl (C=O) groups is 3. The Hall–Kier alpha value is -1.91. The number of ketones is 1. The Bertz CT molecular complexity index is 1080. The lowest BCUT2D eigenvalue weighted by Crippen LogP contribution is -2.32. The van der Waals surface area contributed by atoms with Crippen molar-refractivity contribution in [2.75, 3.05) is 13.1 Å². The summed E-state index contributed by atoms with van der Waals surface area (Å²) in [6.07, 6.45) is 28.5. The lowest BCUT2D eigenvalue weighted by Gasteiger charge is -2.34. The highest BCUT2D eigenvalue weighted by molar-refractivity contribution is 5.86. The van der Waals surface area contributed by atoms with Crippen molar-refractivity contribution >= 4 is 17.6 Å². The maximum Gasteiger partial charge on any atom is 0.223 e. The van der Waals surface area contributed by atoms with Crippen molar-refractivity contribution in [1.29, 1.82) is 0 Å². The van der Waals surface area contributed by atoms with E-state index in [1.165, 1.54) is 103 Å². The number of nitrogens with one attached hydrogen (secondary N) is 2. The van der Waals surface area contributed by atoms with E-state index in [0.717, 1.165) is 38.5 Å². The monoisotopic (exact) mass is 697 g/mol. The van der Waals surface area contributed by atoms with Gasteiger partial charge in [-0.3, -0.25) is 14.4 Å². The zero-order valence-corrected chi connectivity index (χ0v) is 34.1. The summed E-state index contributed by atoms with van der Waals surface area (Å²) in [4.78, 5) is 37.9. The molecule has 0 aromatic rings. The van der Waals surface area contributed by atoms with Crippen molar-refractivity contribution in [2.45, 2.75) is 215 Å². The fraction of sp³-hybridized carbons (Fsp3) is 0.844. The second-order valence-corrected chi connectivity index (χ2v) is 17.4. The minimum absolute atomic E-state index is 0.00130. The average molecular weight is 697 g/mol. The number of Topliss-reactive ketones (excluding diaryl/α,β-unsaturated/α-hetero) is 1. The quantitative estimate of drug-likeness (QED) is 0.0663. The van der Waals surface area contributed by atoms with E-state index in [1.54, 1.807) is 22.3 Å². The Balaban J connectivity index is 1.49. The third kappa shape index (κ3) is 17.5. The number of amides is 2. The SMILES string of the molecule is CCNC(=O)C(CCCCNC(=O)CCCCCCCCC1=C(C)CCCC1(C)C)CC(=O)CCCCCCCCC1=C(C)CCCC1(C)C. The van der Waals surface area contributed by atoms with Crippen LogP contribution in [0.1, 0.15) is 215 Å². The van der Waals surface area contributed by atoms with Crippen molar-refractivity contribution in [1.82, 2.24) is 10.6 Å². The number of allylic oxidation sites excluding steroid dienone is 4. The number of hydrogen-bond acceptors (Lipinski definition) is 3. The molecule has 50 heavy (non-hydrogen) atoms. The molecule has 0 radical (unpaired) electrons. The largest absolute Gasteiger partial charge is 0.356 e. The first-order chi connectivity index (χ1) is 23.9. The topological polar surface area (TPSA) is 75.3 Å². The van der Waals surface area contributed by atoms with Crippen LogP contribution in [0.3, 0.4) is 0 Å². The van der Waals surface area contributed by atoms with Gasteiger partial charge in [-0.25, -0.2) is 0 Å². The molecule has 5 nitrogen and oxygen atoms in total. The standard InChI is InChI=1S/C45H80N2O3/c1-8-46-43(50)38(35-39(48)28-17-13-9-10-14-18-29-40-36(2)25-23-32-44(40,4)5)27-21-22-34-47-42(49)31-20-16-12-11-15-19-30-41-37(3)26-24-33-45(41,6)7/h38H,8-35H2,1-7H3,(H,46,50)(H,47,49). The Labute approximate surface area is 309 Å². The van der Waals surface area contributed by atoms with Gasteiger partial charge in [0, 0.05) is 38.3 Å². The Morgan fingerprint density at radius 3 is 1.60 bits per heavy atom. The van der Waals surface area contributed by atoms with Crippen LogP contribution in [0.2, 0.25) is 0 Å². The molecular formula is C45H80N2O3. The maximum atomic E-state index is 12.8. The molecule has 2 aliphatic rings. The summed E-state index contributed by atoms with van der Waals surface area (Å²) in [7, 11) is 0. The van der Waals surface area contributed by atoms with Gasteiger partial charge in [-0.2, -0.15) is 0 Å². The molecule has 0 spiro atoms. The van der Waals surface area contributed by atoms with E-state index in [1.807, 2.05) is 6.92 Å². The number of unbranched alkanes of at least 4 members (excludes halogenated alkanes) is 11. The summed E-state index contributed by atoms with van der Waals surface area (Å²) in [6, 6.07) is 0. The van der Waals surface area contributed by atoms with Gasteiger partial charge in [-0.1, -0.05) is 108 Å². The molecule has 0 saturated heterocycles. The third-order valence-corrected chi connectivity index (χ3v) is 12.1. The zero-order valence-electron chi connectivity index (χ0n) is 34.1. The van der Waals surface area contributed by atoms with E-state index in [9.17, 15) is 14.4 Å². The van der Waals surface area contributed by atoms with Gasteiger partial charge in [0.05, 0.1) is 0 Å². The van der Waals surface area contributed by atoms with E-state index in [0.29, 0.717) is 49.6 Å². The first-order valence-electron chi connectivity index (χ1n) is 21.3. The molecule has 0 heterocycles. The Morgan fingerprint density at radius 1 is 0.620 bits per heavy atom. The van der Waals surface area contributed by atoms with Crippen molar-refractivity contribution in [3.63, 3.8) is 0 Å². The highest BCUT2D eigenvalue weighted by Gasteiger charge is 2.28. The van der Waals surface area contributed by atoms with Crippen LogP contribution in [-0.2, 0) is 14.4 Å². The van der Waals surface area contributed by atoms with Crippen LogP contribution in [-0.4, -0.2) is 30.7 Å². The maximum absolute atomic E-state index is 12.8. The second kappa shape index (κ2) is 24.4. The minimum Gasteiger partial charge on any atom is -0.356 e. The van der Waals surface area contributed by atoms with Gasteiger partial charge < -0.3 is 10.6 Å². The van der Waals surface area contributed by atoms with Gasteiger partial charge in [0.2, 0.25) is 11.8 Å². The van der Waals surface area contributed by atoms with Gasteiger partial charge in [-0.15, -0.1) is 0 Å². The van der Waals surface area contributed by atoms with Crippen LogP contribution in [0.4, 0.5) is 0 Å². The molecule has 0 saturated carbocycles. The van der Waals surface area contributed by atoms with Crippen LogP contribution in [0.15, 0.2) is 22.3 Å². The average Bonchev–Trinajstić information content (AvgIpc) is 3.04. The normalized spacial score (nSPS) is 17.9. The van der Waals surface area contributed by atoms with E-state index < -0.39 is 0 Å². The third-order valence-electron chi connectivity index (χ3n) is 12.1. The molecule has 0 aromatic carbocycles. The molecule has 5 heteroatoms. The summed E-state index contributed by atoms with van der Waals surface area (Å²) in [5.74, 6) is 0.108. The molecular weight excluding hydrogens is 617 g/mol. The fourth-order valence-electron chi connectivity index (χ4n) is 8.93. The predicted molar refractivity (Wildman–Crippen MR) is 213 cm³/mol. The fourth-order valence-corrected chi connectivity index (χ4v) is 8.93. The van der Waals surface area contributed by atoms with Gasteiger partial charge >= 0.3 is 0 Å². The summed E-state index contributed by atoms with van der Waals surface area (Å²) >= 11 is 0. The molecule has 2 rings (SSSR count). The first kappa shape index (κ1) is 44.3. The summed E-state index contributed by atoms with van der Waals surface area (Å²) in [6.45, 7) is 17.5. The van der Waals surface area contributed by atoms with E-state index in [2.05, 4.69) is 52.2 Å². The minimum atomic E-state index is -0.255. The van der Waals surface area contributed by atoms with Gasteiger partial charge in [-0.05, 0) is 121 Å². The summed E-state index contributed by atoms with van der Waals surface area (Å²) in [5.41, 5.74) is 7.49. The summed E-state index contributed by atoms with van der Waals surface area (Å²) in [5, 5.41) is 6.01. The van der Waals surface area contributed by atoms with E-state index in [4.69, 9.17) is 0 Å². The highest BCUT2D eigenvalue weighted by atomic mass is 16.2. The number of hydrogen-bond donors (Lipinski definition) is 2. The highest BCUT2D eigenvalue weighted by Crippen LogP contribution is 2.43. The number of carbonyl (C=O) groups excluding carboxylic acids is 3. The molecule has 2 amide bonds. The number of rotatable bonds is 27. The molecule has 1 unspecified atom stereocenters. The molecule has 0 bridgehead atoms. The van der Waals surface area contributed by atoms with Crippen LogP contribution in [0, 0.1) is 16.7 Å². The van der Waals surface area contributed by atoms with Gasteiger partial charge in [0.1, 0.15) is 5.78 Å². The smallest absolute Gasteiger partial charge is 0.223 e. The van der Waals surface area contributed by atoms with Gasteiger partial charge in [0.15, 0.2) is 0 Å². The molecule has 1 atom stereocenters. The molecule has 0 fully saturated rings.